The molecule has 0 bridgehead atoms. The van der Waals surface area contributed by atoms with Crippen LogP contribution in [-0.2, 0) is 11.2 Å². The van der Waals surface area contributed by atoms with Gasteiger partial charge >= 0.3 is 6.09 Å². The second-order valence-electron chi connectivity index (χ2n) is 5.57. The highest BCUT2D eigenvalue weighted by Gasteiger charge is 2.19. The van der Waals surface area contributed by atoms with E-state index in [2.05, 4.69) is 5.32 Å². The van der Waals surface area contributed by atoms with Gasteiger partial charge in [-0.05, 0) is 26.3 Å². The van der Waals surface area contributed by atoms with Crippen molar-refractivity contribution in [2.45, 2.75) is 45.3 Å². The number of ether oxygens (including phenoxy) is 1. The predicted molar refractivity (Wildman–Crippen MR) is 73.9 cm³/mol. The Hall–Kier alpha value is -1.58. The third-order valence-electron chi connectivity index (χ3n) is 2.49. The average Bonchev–Trinajstić information content (AvgIpc) is 2.27. The van der Waals surface area contributed by atoms with Gasteiger partial charge in [-0.2, -0.15) is 0 Å². The van der Waals surface area contributed by atoms with Crippen molar-refractivity contribution < 1.29 is 13.9 Å². The Balaban J connectivity index is 2.55. The monoisotopic (exact) mass is 267 g/mol. The lowest BCUT2D eigenvalue weighted by Gasteiger charge is -2.23. The zero-order valence-electron chi connectivity index (χ0n) is 11.8. The predicted octanol–water partition coefficient (Wildman–Crippen LogP) is 3.48. The SMILES string of the molecule is CC(C)(C)NC(=O)O[C@H](CCF)Cc1ccccc1. The molecule has 106 valence electrons. The van der Waals surface area contributed by atoms with Crippen LogP contribution >= 0.6 is 0 Å². The van der Waals surface area contributed by atoms with Crippen LogP contribution in [0.5, 0.6) is 0 Å². The van der Waals surface area contributed by atoms with Crippen molar-refractivity contribution in [3.63, 3.8) is 0 Å². The number of rotatable bonds is 5. The Kier molecular flexibility index (Phi) is 5.80. The van der Waals surface area contributed by atoms with Crippen LogP contribution < -0.4 is 5.32 Å². The highest BCUT2D eigenvalue weighted by Crippen LogP contribution is 2.11. The molecule has 0 spiro atoms. The Bertz CT molecular complexity index is 387. The summed E-state index contributed by atoms with van der Waals surface area (Å²) in [6, 6.07) is 9.63. The first-order chi connectivity index (χ1) is 8.90. The lowest BCUT2D eigenvalue weighted by Crippen LogP contribution is -2.42. The van der Waals surface area contributed by atoms with Crippen molar-refractivity contribution in [3.8, 4) is 0 Å². The molecule has 1 amide bonds. The van der Waals surface area contributed by atoms with Crippen molar-refractivity contribution in [1.29, 1.82) is 0 Å². The summed E-state index contributed by atoms with van der Waals surface area (Å²) < 4.78 is 17.8. The van der Waals surface area contributed by atoms with Crippen LogP contribution in [0, 0.1) is 0 Å². The van der Waals surface area contributed by atoms with Crippen LogP contribution in [0.25, 0.3) is 0 Å². The zero-order valence-corrected chi connectivity index (χ0v) is 11.8. The van der Waals surface area contributed by atoms with Gasteiger partial charge in [0.15, 0.2) is 0 Å². The van der Waals surface area contributed by atoms with E-state index in [9.17, 15) is 9.18 Å². The number of nitrogens with one attached hydrogen (secondary N) is 1. The molecule has 1 rings (SSSR count). The standard InChI is InChI=1S/C15H22FNO2/c1-15(2,3)17-14(18)19-13(9-10-16)11-12-7-5-4-6-8-12/h4-8,13H,9-11H2,1-3H3,(H,17,18)/t13-/m1/s1. The van der Waals surface area contributed by atoms with E-state index in [4.69, 9.17) is 4.74 Å². The van der Waals surface area contributed by atoms with Gasteiger partial charge in [0.1, 0.15) is 6.10 Å². The van der Waals surface area contributed by atoms with Gasteiger partial charge in [0.25, 0.3) is 0 Å². The third-order valence-corrected chi connectivity index (χ3v) is 2.49. The van der Waals surface area contributed by atoms with Crippen molar-refractivity contribution in [3.05, 3.63) is 35.9 Å². The van der Waals surface area contributed by atoms with Crippen LogP contribution in [0.2, 0.25) is 0 Å². The largest absolute Gasteiger partial charge is 0.446 e. The van der Waals surface area contributed by atoms with Crippen LogP contribution in [0.15, 0.2) is 30.3 Å². The smallest absolute Gasteiger partial charge is 0.407 e. The van der Waals surface area contributed by atoms with E-state index >= 15 is 0 Å². The highest BCUT2D eigenvalue weighted by molar-refractivity contribution is 5.68. The number of amides is 1. The van der Waals surface area contributed by atoms with E-state index in [1.165, 1.54) is 0 Å². The molecule has 0 fully saturated rings. The summed E-state index contributed by atoms with van der Waals surface area (Å²) in [4.78, 5) is 11.7. The molecule has 0 aliphatic rings. The third kappa shape index (κ3) is 6.79. The van der Waals surface area contributed by atoms with Gasteiger partial charge < -0.3 is 10.1 Å². The quantitative estimate of drug-likeness (QED) is 0.887. The molecule has 0 saturated carbocycles. The molecule has 1 aromatic rings. The molecule has 0 radical (unpaired) electrons. The summed E-state index contributed by atoms with van der Waals surface area (Å²) in [6.45, 7) is 5.11. The molecule has 1 atom stereocenters. The number of carbonyl (C=O) groups excluding carboxylic acids is 1. The number of hydrogen-bond donors (Lipinski definition) is 1. The van der Waals surface area contributed by atoms with E-state index in [0.717, 1.165) is 5.56 Å². The van der Waals surface area contributed by atoms with Gasteiger partial charge in [0.05, 0.1) is 6.67 Å². The molecule has 0 aromatic heterocycles. The van der Waals surface area contributed by atoms with E-state index in [1.54, 1.807) is 0 Å². The fourth-order valence-electron chi connectivity index (χ4n) is 1.69. The minimum absolute atomic E-state index is 0.215. The maximum atomic E-state index is 12.5. The molecule has 0 heterocycles. The van der Waals surface area contributed by atoms with Gasteiger partial charge in [-0.1, -0.05) is 30.3 Å². The number of carbonyl (C=O) groups is 1. The number of alkyl halides is 1. The average molecular weight is 267 g/mol. The summed E-state index contributed by atoms with van der Waals surface area (Å²) >= 11 is 0. The molecule has 0 saturated heterocycles. The summed E-state index contributed by atoms with van der Waals surface area (Å²) in [6.07, 6.45) is -0.189. The summed E-state index contributed by atoms with van der Waals surface area (Å²) in [7, 11) is 0. The maximum Gasteiger partial charge on any atom is 0.407 e. The molecular weight excluding hydrogens is 245 g/mol. The fourth-order valence-corrected chi connectivity index (χ4v) is 1.69. The topological polar surface area (TPSA) is 38.3 Å². The Morgan fingerprint density at radius 3 is 2.47 bits per heavy atom. The molecule has 3 nitrogen and oxygen atoms in total. The number of halogens is 1. The first kappa shape index (κ1) is 15.5. The Labute approximate surface area is 114 Å². The van der Waals surface area contributed by atoms with E-state index in [1.807, 2.05) is 51.1 Å². The van der Waals surface area contributed by atoms with Crippen molar-refractivity contribution in [2.75, 3.05) is 6.67 Å². The van der Waals surface area contributed by atoms with Gasteiger partial charge in [0, 0.05) is 18.4 Å². The first-order valence-electron chi connectivity index (χ1n) is 6.49. The second kappa shape index (κ2) is 7.12. The van der Waals surface area contributed by atoms with Gasteiger partial charge in [0.2, 0.25) is 0 Å². The van der Waals surface area contributed by atoms with E-state index in [0.29, 0.717) is 6.42 Å². The molecule has 1 aromatic carbocycles. The van der Waals surface area contributed by atoms with E-state index in [-0.39, 0.29) is 12.0 Å². The Morgan fingerprint density at radius 1 is 1.32 bits per heavy atom. The van der Waals surface area contributed by atoms with Crippen molar-refractivity contribution >= 4 is 6.09 Å². The number of alkyl carbamates (subject to hydrolysis) is 1. The van der Waals surface area contributed by atoms with Gasteiger partial charge in [-0.25, -0.2) is 4.79 Å². The van der Waals surface area contributed by atoms with Gasteiger partial charge in [-0.3, -0.25) is 4.39 Å². The normalized spacial score (nSPS) is 12.8. The van der Waals surface area contributed by atoms with Crippen LogP contribution in [0.4, 0.5) is 9.18 Å². The molecule has 4 heteroatoms. The zero-order chi connectivity index (χ0) is 14.3. The van der Waals surface area contributed by atoms with E-state index < -0.39 is 18.9 Å². The van der Waals surface area contributed by atoms with Crippen LogP contribution in [0.1, 0.15) is 32.8 Å². The summed E-state index contributed by atoms with van der Waals surface area (Å²) in [5.41, 5.74) is 0.675. The number of hydrogen-bond acceptors (Lipinski definition) is 2. The minimum Gasteiger partial charge on any atom is -0.446 e. The summed E-state index contributed by atoms with van der Waals surface area (Å²) in [5.74, 6) is 0. The minimum atomic E-state index is -0.500. The van der Waals surface area contributed by atoms with Crippen LogP contribution in [0.3, 0.4) is 0 Å². The molecular formula is C15H22FNO2. The second-order valence-corrected chi connectivity index (χ2v) is 5.57. The lowest BCUT2D eigenvalue weighted by atomic mass is 10.1. The first-order valence-corrected chi connectivity index (χ1v) is 6.49. The lowest BCUT2D eigenvalue weighted by molar-refractivity contribution is 0.0826. The molecule has 19 heavy (non-hydrogen) atoms. The molecule has 1 N–H and O–H groups in total. The molecule has 0 unspecified atom stereocenters. The highest BCUT2D eigenvalue weighted by atomic mass is 19.1. The number of benzene rings is 1. The van der Waals surface area contributed by atoms with Crippen LogP contribution in [-0.4, -0.2) is 24.4 Å². The van der Waals surface area contributed by atoms with Gasteiger partial charge in [-0.15, -0.1) is 0 Å². The summed E-state index contributed by atoms with van der Waals surface area (Å²) in [5, 5.41) is 2.71. The molecule has 0 aliphatic carbocycles. The van der Waals surface area contributed by atoms with Crippen molar-refractivity contribution in [1.82, 2.24) is 5.32 Å². The maximum absolute atomic E-state index is 12.5. The fraction of sp³-hybridized carbons (Fsp3) is 0.533. The Morgan fingerprint density at radius 2 is 1.95 bits per heavy atom. The molecule has 0 aliphatic heterocycles. The van der Waals surface area contributed by atoms with Crippen molar-refractivity contribution in [2.24, 2.45) is 0 Å².